The van der Waals surface area contributed by atoms with Crippen molar-refractivity contribution in [2.45, 2.75) is 20.5 Å². The summed E-state index contributed by atoms with van der Waals surface area (Å²) in [5, 5.41) is 0. The van der Waals surface area contributed by atoms with Gasteiger partial charge in [0.05, 0.1) is 6.61 Å². The summed E-state index contributed by atoms with van der Waals surface area (Å²) in [6.07, 6.45) is 0. The van der Waals surface area contributed by atoms with Crippen molar-refractivity contribution in [2.24, 2.45) is 7.05 Å². The number of carbonyl (C=O) groups excluding carboxylic acids is 1. The molecule has 106 valence electrons. The van der Waals surface area contributed by atoms with Gasteiger partial charge in [0.1, 0.15) is 6.61 Å². The van der Waals surface area contributed by atoms with E-state index in [1.165, 1.54) is 0 Å². The summed E-state index contributed by atoms with van der Waals surface area (Å²) >= 11 is 3.46. The molecule has 0 spiro atoms. The highest BCUT2D eigenvalue weighted by atomic mass is 79.9. The largest absolute Gasteiger partial charge is 0.369 e. The normalized spacial score (nSPS) is 10.8. The van der Waals surface area contributed by atoms with Crippen LogP contribution in [0, 0.1) is 13.8 Å². The number of benzene rings is 1. The van der Waals surface area contributed by atoms with E-state index in [1.54, 1.807) is 0 Å². The Bertz CT molecular complexity index is 631. The summed E-state index contributed by atoms with van der Waals surface area (Å²) in [5.74, 6) is 0.0262. The van der Waals surface area contributed by atoms with Gasteiger partial charge in [0, 0.05) is 28.5 Å². The lowest BCUT2D eigenvalue weighted by Crippen LogP contribution is -2.10. The number of halogens is 1. The molecular weight excluding hydrogens is 318 g/mol. The summed E-state index contributed by atoms with van der Waals surface area (Å²) in [6, 6.07) is 9.77. The number of hydrogen-bond acceptors (Lipinski definition) is 2. The van der Waals surface area contributed by atoms with E-state index in [0.717, 1.165) is 27.0 Å². The van der Waals surface area contributed by atoms with Crippen LogP contribution in [0.5, 0.6) is 0 Å². The first-order valence-electron chi connectivity index (χ1n) is 6.48. The van der Waals surface area contributed by atoms with Gasteiger partial charge in [0.2, 0.25) is 0 Å². The minimum atomic E-state index is 0.0262. The van der Waals surface area contributed by atoms with Gasteiger partial charge in [0.15, 0.2) is 5.78 Å². The van der Waals surface area contributed by atoms with Gasteiger partial charge in [-0.2, -0.15) is 0 Å². The Morgan fingerprint density at radius 1 is 1.30 bits per heavy atom. The molecule has 1 heterocycles. The third kappa shape index (κ3) is 3.19. The summed E-state index contributed by atoms with van der Waals surface area (Å²) < 4.78 is 8.55. The van der Waals surface area contributed by atoms with E-state index in [0.29, 0.717) is 6.61 Å². The molecule has 0 radical (unpaired) electrons. The molecule has 0 atom stereocenters. The molecule has 0 N–H and O–H groups in total. The van der Waals surface area contributed by atoms with Gasteiger partial charge < -0.3 is 9.30 Å². The minimum absolute atomic E-state index is 0.0262. The van der Waals surface area contributed by atoms with Crippen molar-refractivity contribution in [1.29, 1.82) is 0 Å². The van der Waals surface area contributed by atoms with Gasteiger partial charge in [-0.05, 0) is 31.5 Å². The Morgan fingerprint density at radius 2 is 2.00 bits per heavy atom. The number of aromatic nitrogens is 1. The molecule has 3 nitrogen and oxygen atoms in total. The van der Waals surface area contributed by atoms with Crippen molar-refractivity contribution in [1.82, 2.24) is 4.57 Å². The van der Waals surface area contributed by atoms with Crippen LogP contribution in [0.4, 0.5) is 0 Å². The molecule has 0 aliphatic carbocycles. The highest BCUT2D eigenvalue weighted by molar-refractivity contribution is 9.10. The van der Waals surface area contributed by atoms with Crippen molar-refractivity contribution >= 4 is 21.7 Å². The molecule has 4 heteroatoms. The van der Waals surface area contributed by atoms with E-state index in [9.17, 15) is 4.79 Å². The molecule has 0 aliphatic heterocycles. The maximum atomic E-state index is 12.2. The van der Waals surface area contributed by atoms with Crippen LogP contribution in [0.2, 0.25) is 0 Å². The Balaban J connectivity index is 1.96. The molecule has 0 unspecified atom stereocenters. The first-order valence-corrected chi connectivity index (χ1v) is 7.27. The molecule has 1 aromatic carbocycles. The van der Waals surface area contributed by atoms with Crippen molar-refractivity contribution in [2.75, 3.05) is 6.61 Å². The fraction of sp³-hybridized carbons (Fsp3) is 0.312. The van der Waals surface area contributed by atoms with Crippen LogP contribution in [0.1, 0.15) is 27.3 Å². The van der Waals surface area contributed by atoms with Gasteiger partial charge in [-0.15, -0.1) is 0 Å². The average Bonchev–Trinajstić information content (AvgIpc) is 2.68. The van der Waals surface area contributed by atoms with E-state index >= 15 is 0 Å². The van der Waals surface area contributed by atoms with Gasteiger partial charge >= 0.3 is 0 Å². The van der Waals surface area contributed by atoms with E-state index in [-0.39, 0.29) is 12.4 Å². The standard InChI is InChI=1S/C16H18BrNO2/c1-11-8-14(12(2)18(11)3)16(19)10-20-9-13-6-4-5-7-15(13)17/h4-8H,9-10H2,1-3H3. The van der Waals surface area contributed by atoms with Gasteiger partial charge in [0.25, 0.3) is 0 Å². The molecule has 20 heavy (non-hydrogen) atoms. The number of rotatable bonds is 5. The van der Waals surface area contributed by atoms with Gasteiger partial charge in [-0.3, -0.25) is 4.79 Å². The molecular formula is C16H18BrNO2. The predicted octanol–water partition coefficient (Wildman–Crippen LogP) is 3.80. The minimum Gasteiger partial charge on any atom is -0.369 e. The van der Waals surface area contributed by atoms with Crippen LogP contribution in [0.25, 0.3) is 0 Å². The first kappa shape index (κ1) is 15.0. The van der Waals surface area contributed by atoms with E-state index in [4.69, 9.17) is 4.74 Å². The van der Waals surface area contributed by atoms with Crippen LogP contribution in [-0.4, -0.2) is 17.0 Å². The van der Waals surface area contributed by atoms with Crippen LogP contribution in [-0.2, 0) is 18.4 Å². The number of nitrogens with zero attached hydrogens (tertiary/aromatic N) is 1. The Morgan fingerprint density at radius 3 is 2.60 bits per heavy atom. The fourth-order valence-corrected chi connectivity index (χ4v) is 2.48. The maximum absolute atomic E-state index is 12.2. The first-order chi connectivity index (χ1) is 9.50. The number of hydrogen-bond donors (Lipinski definition) is 0. The molecule has 0 fully saturated rings. The Kier molecular flexibility index (Phi) is 4.78. The summed E-state index contributed by atoms with van der Waals surface area (Å²) in [4.78, 5) is 12.2. The van der Waals surface area contributed by atoms with E-state index in [1.807, 2.05) is 55.8 Å². The Hall–Kier alpha value is -1.39. The molecule has 0 aliphatic rings. The number of ketones is 1. The molecule has 0 bridgehead atoms. The molecule has 2 aromatic rings. The van der Waals surface area contributed by atoms with E-state index in [2.05, 4.69) is 15.9 Å². The maximum Gasteiger partial charge on any atom is 0.190 e. The van der Waals surface area contributed by atoms with Gasteiger partial charge in [-0.25, -0.2) is 0 Å². The van der Waals surface area contributed by atoms with Crippen molar-refractivity contribution in [3.63, 3.8) is 0 Å². The van der Waals surface area contributed by atoms with Crippen molar-refractivity contribution in [3.8, 4) is 0 Å². The van der Waals surface area contributed by atoms with Crippen LogP contribution >= 0.6 is 15.9 Å². The average molecular weight is 336 g/mol. The third-order valence-corrected chi connectivity index (χ3v) is 4.30. The zero-order valence-electron chi connectivity index (χ0n) is 11.9. The lowest BCUT2D eigenvalue weighted by molar-refractivity contribution is 0.0725. The van der Waals surface area contributed by atoms with Crippen LogP contribution in [0.15, 0.2) is 34.8 Å². The fourth-order valence-electron chi connectivity index (χ4n) is 2.08. The van der Waals surface area contributed by atoms with Crippen molar-refractivity contribution < 1.29 is 9.53 Å². The monoisotopic (exact) mass is 335 g/mol. The lowest BCUT2D eigenvalue weighted by atomic mass is 10.1. The number of Topliss-reactive ketones (excluding diaryl/α,β-unsaturated/α-hetero) is 1. The summed E-state index contributed by atoms with van der Waals surface area (Å²) in [5.41, 5.74) is 3.85. The third-order valence-electron chi connectivity index (χ3n) is 3.52. The van der Waals surface area contributed by atoms with E-state index < -0.39 is 0 Å². The molecule has 0 saturated heterocycles. The molecule has 0 amide bonds. The smallest absolute Gasteiger partial charge is 0.190 e. The number of aryl methyl sites for hydroxylation is 1. The highest BCUT2D eigenvalue weighted by Crippen LogP contribution is 2.17. The zero-order chi connectivity index (χ0) is 14.7. The number of carbonyl (C=O) groups is 1. The SMILES string of the molecule is Cc1cc(C(=O)COCc2ccccc2Br)c(C)n1C. The summed E-state index contributed by atoms with van der Waals surface area (Å²) in [7, 11) is 1.96. The second-order valence-electron chi connectivity index (χ2n) is 4.85. The molecule has 1 aromatic heterocycles. The number of ether oxygens (including phenoxy) is 1. The summed E-state index contributed by atoms with van der Waals surface area (Å²) in [6.45, 7) is 4.48. The molecule has 2 rings (SSSR count). The highest BCUT2D eigenvalue weighted by Gasteiger charge is 2.14. The zero-order valence-corrected chi connectivity index (χ0v) is 13.5. The lowest BCUT2D eigenvalue weighted by Gasteiger charge is -2.06. The van der Waals surface area contributed by atoms with Gasteiger partial charge in [-0.1, -0.05) is 34.1 Å². The topological polar surface area (TPSA) is 31.2 Å². The quantitative estimate of drug-likeness (QED) is 0.778. The van der Waals surface area contributed by atoms with Crippen molar-refractivity contribution in [3.05, 3.63) is 57.3 Å². The van der Waals surface area contributed by atoms with Crippen LogP contribution < -0.4 is 0 Å². The second-order valence-corrected chi connectivity index (χ2v) is 5.71. The predicted molar refractivity (Wildman–Crippen MR) is 83.0 cm³/mol. The van der Waals surface area contributed by atoms with Crippen LogP contribution in [0.3, 0.4) is 0 Å². The Labute approximate surface area is 127 Å². The molecule has 0 saturated carbocycles. The second kappa shape index (κ2) is 6.37.